The number of aromatic nitrogens is 1. The van der Waals surface area contributed by atoms with Gasteiger partial charge in [0.05, 0.1) is 6.21 Å². The number of hydrogen-bond acceptors (Lipinski definition) is 6. The quantitative estimate of drug-likeness (QED) is 0.500. The highest BCUT2D eigenvalue weighted by Gasteiger charge is 2.30. The van der Waals surface area contributed by atoms with Crippen LogP contribution in [0.5, 0.6) is 0 Å². The molecule has 0 aliphatic carbocycles. The SMILES string of the molecule is O=C1CCC(=O)N1OCc1ccc(N/N=C/c2ccccc2)nc1. The van der Waals surface area contributed by atoms with Gasteiger partial charge < -0.3 is 0 Å². The summed E-state index contributed by atoms with van der Waals surface area (Å²) < 4.78 is 0. The van der Waals surface area contributed by atoms with E-state index < -0.39 is 0 Å². The highest BCUT2D eigenvalue weighted by Crippen LogP contribution is 2.14. The molecule has 3 rings (SSSR count). The van der Waals surface area contributed by atoms with E-state index in [1.165, 1.54) is 0 Å². The molecule has 1 aliphatic rings. The number of hydroxylamine groups is 2. The maximum Gasteiger partial charge on any atom is 0.254 e. The lowest BCUT2D eigenvalue weighted by Gasteiger charge is -2.13. The van der Waals surface area contributed by atoms with Crippen molar-refractivity contribution in [3.8, 4) is 0 Å². The monoisotopic (exact) mass is 324 g/mol. The van der Waals surface area contributed by atoms with Crippen LogP contribution < -0.4 is 5.43 Å². The minimum absolute atomic E-state index is 0.109. The molecule has 0 spiro atoms. The fourth-order valence-corrected chi connectivity index (χ4v) is 2.13. The minimum atomic E-state index is -0.304. The second-order valence-electron chi connectivity index (χ2n) is 5.19. The summed E-state index contributed by atoms with van der Waals surface area (Å²) in [6.07, 6.45) is 3.72. The summed E-state index contributed by atoms with van der Waals surface area (Å²) in [5.74, 6) is -0.0257. The maximum absolute atomic E-state index is 11.4. The number of pyridine rings is 1. The first-order chi connectivity index (χ1) is 11.7. The number of anilines is 1. The van der Waals surface area contributed by atoms with Crippen LogP contribution in [0.3, 0.4) is 0 Å². The lowest BCUT2D eigenvalue weighted by molar-refractivity contribution is -0.191. The normalized spacial score (nSPS) is 14.6. The summed E-state index contributed by atoms with van der Waals surface area (Å²) in [4.78, 5) is 32.3. The van der Waals surface area contributed by atoms with E-state index >= 15 is 0 Å². The molecule has 2 heterocycles. The van der Waals surface area contributed by atoms with Crippen molar-refractivity contribution in [3.63, 3.8) is 0 Å². The highest BCUT2D eigenvalue weighted by atomic mass is 16.7. The molecule has 1 aromatic carbocycles. The van der Waals surface area contributed by atoms with Gasteiger partial charge in [0.25, 0.3) is 11.8 Å². The van der Waals surface area contributed by atoms with E-state index in [0.29, 0.717) is 5.82 Å². The van der Waals surface area contributed by atoms with Gasteiger partial charge in [-0.25, -0.2) is 4.98 Å². The first-order valence-electron chi connectivity index (χ1n) is 7.50. The average molecular weight is 324 g/mol. The summed E-state index contributed by atoms with van der Waals surface area (Å²) >= 11 is 0. The zero-order valence-electron chi connectivity index (χ0n) is 12.9. The molecular formula is C17H16N4O3. The van der Waals surface area contributed by atoms with Crippen LogP contribution in [0.15, 0.2) is 53.8 Å². The number of carbonyl (C=O) groups is 2. The van der Waals surface area contributed by atoms with Crippen molar-refractivity contribution in [1.82, 2.24) is 10.0 Å². The van der Waals surface area contributed by atoms with Crippen molar-refractivity contribution in [2.45, 2.75) is 19.4 Å². The predicted molar refractivity (Wildman–Crippen MR) is 87.8 cm³/mol. The third-order valence-corrected chi connectivity index (χ3v) is 3.38. The number of hydrazone groups is 1. The second-order valence-corrected chi connectivity index (χ2v) is 5.19. The van der Waals surface area contributed by atoms with Gasteiger partial charge in [-0.15, -0.1) is 0 Å². The number of amides is 2. The smallest absolute Gasteiger partial charge is 0.254 e. The number of carbonyl (C=O) groups excluding carboxylic acids is 2. The van der Waals surface area contributed by atoms with Gasteiger partial charge in [-0.1, -0.05) is 36.4 Å². The molecule has 1 aliphatic heterocycles. The van der Waals surface area contributed by atoms with E-state index in [4.69, 9.17) is 4.84 Å². The molecule has 1 saturated heterocycles. The summed E-state index contributed by atoms with van der Waals surface area (Å²) in [5, 5.41) is 4.93. The van der Waals surface area contributed by atoms with E-state index in [9.17, 15) is 9.59 Å². The van der Waals surface area contributed by atoms with Crippen LogP contribution in [0, 0.1) is 0 Å². The Hall–Kier alpha value is -3.06. The van der Waals surface area contributed by atoms with Gasteiger partial charge in [-0.05, 0) is 17.2 Å². The Balaban J connectivity index is 1.51. The summed E-state index contributed by atoms with van der Waals surface area (Å²) in [6, 6.07) is 13.2. The fourth-order valence-electron chi connectivity index (χ4n) is 2.13. The lowest BCUT2D eigenvalue weighted by Crippen LogP contribution is -2.29. The van der Waals surface area contributed by atoms with Crippen LogP contribution in [-0.2, 0) is 21.0 Å². The Labute approximate surface area is 138 Å². The maximum atomic E-state index is 11.4. The van der Waals surface area contributed by atoms with Gasteiger partial charge in [-0.3, -0.25) is 19.9 Å². The van der Waals surface area contributed by atoms with Crippen molar-refractivity contribution >= 4 is 23.8 Å². The van der Waals surface area contributed by atoms with Gasteiger partial charge >= 0.3 is 0 Å². The van der Waals surface area contributed by atoms with Crippen LogP contribution in [0.1, 0.15) is 24.0 Å². The van der Waals surface area contributed by atoms with Crippen LogP contribution in [0.25, 0.3) is 0 Å². The van der Waals surface area contributed by atoms with Gasteiger partial charge in [0.2, 0.25) is 0 Å². The van der Waals surface area contributed by atoms with Crippen LogP contribution in [-0.4, -0.2) is 28.1 Å². The fraction of sp³-hybridized carbons (Fsp3) is 0.176. The van der Waals surface area contributed by atoms with Crippen LogP contribution >= 0.6 is 0 Å². The molecule has 2 aromatic rings. The van der Waals surface area contributed by atoms with E-state index in [1.807, 2.05) is 30.3 Å². The zero-order valence-corrected chi connectivity index (χ0v) is 12.9. The highest BCUT2D eigenvalue weighted by molar-refractivity contribution is 6.00. The Morgan fingerprint density at radius 2 is 1.88 bits per heavy atom. The predicted octanol–water partition coefficient (Wildman–Crippen LogP) is 2.11. The molecule has 2 amide bonds. The molecule has 0 atom stereocenters. The zero-order chi connectivity index (χ0) is 16.8. The van der Waals surface area contributed by atoms with Crippen LogP contribution in [0.4, 0.5) is 5.82 Å². The van der Waals surface area contributed by atoms with E-state index in [2.05, 4.69) is 15.5 Å². The number of imide groups is 1. The Morgan fingerprint density at radius 1 is 1.12 bits per heavy atom. The first kappa shape index (κ1) is 15.8. The molecule has 1 fully saturated rings. The lowest BCUT2D eigenvalue weighted by atomic mass is 10.2. The van der Waals surface area contributed by atoms with Gasteiger partial charge in [0.1, 0.15) is 12.4 Å². The molecule has 7 nitrogen and oxygen atoms in total. The molecule has 1 N–H and O–H groups in total. The summed E-state index contributed by atoms with van der Waals surface area (Å²) in [5.41, 5.74) is 4.56. The Morgan fingerprint density at radius 3 is 2.54 bits per heavy atom. The topological polar surface area (TPSA) is 83.9 Å². The second kappa shape index (κ2) is 7.47. The summed E-state index contributed by atoms with van der Waals surface area (Å²) in [6.45, 7) is 0.109. The number of nitrogens with one attached hydrogen (secondary N) is 1. The molecule has 0 bridgehead atoms. The van der Waals surface area contributed by atoms with E-state index in [-0.39, 0.29) is 31.3 Å². The molecule has 0 unspecified atom stereocenters. The number of rotatable bonds is 6. The molecule has 7 heteroatoms. The number of nitrogens with zero attached hydrogens (tertiary/aromatic N) is 3. The van der Waals surface area contributed by atoms with Crippen molar-refractivity contribution in [3.05, 3.63) is 59.8 Å². The third-order valence-electron chi connectivity index (χ3n) is 3.38. The average Bonchev–Trinajstić information content (AvgIpc) is 2.93. The van der Waals surface area contributed by atoms with Gasteiger partial charge in [0, 0.05) is 19.0 Å². The molecule has 0 radical (unpaired) electrons. The number of benzene rings is 1. The molecule has 1 aromatic heterocycles. The van der Waals surface area contributed by atoms with Gasteiger partial charge in [0.15, 0.2) is 0 Å². The number of hydrogen-bond donors (Lipinski definition) is 1. The first-order valence-corrected chi connectivity index (χ1v) is 7.50. The molecule has 122 valence electrons. The summed E-state index contributed by atoms with van der Waals surface area (Å²) in [7, 11) is 0. The Kier molecular flexibility index (Phi) is 4.93. The standard InChI is InChI=1S/C17H16N4O3/c22-16-8-9-17(23)21(16)24-12-14-6-7-15(18-10-14)20-19-11-13-4-2-1-3-5-13/h1-7,10-11H,8-9,12H2,(H,18,20)/b19-11+. The van der Waals surface area contributed by atoms with Crippen molar-refractivity contribution in [2.75, 3.05) is 5.43 Å². The van der Waals surface area contributed by atoms with Gasteiger partial charge in [-0.2, -0.15) is 10.2 Å². The molecular weight excluding hydrogens is 308 g/mol. The third kappa shape index (κ3) is 4.02. The van der Waals surface area contributed by atoms with E-state index in [1.54, 1.807) is 24.5 Å². The molecule has 24 heavy (non-hydrogen) atoms. The molecule has 0 saturated carbocycles. The minimum Gasteiger partial charge on any atom is -0.272 e. The van der Waals surface area contributed by atoms with Crippen molar-refractivity contribution < 1.29 is 14.4 Å². The van der Waals surface area contributed by atoms with Crippen LogP contribution in [0.2, 0.25) is 0 Å². The van der Waals surface area contributed by atoms with Crippen molar-refractivity contribution in [2.24, 2.45) is 5.10 Å². The van der Waals surface area contributed by atoms with Crippen molar-refractivity contribution in [1.29, 1.82) is 0 Å². The Bertz CT molecular complexity index is 728. The largest absolute Gasteiger partial charge is 0.272 e. The van der Waals surface area contributed by atoms with E-state index in [0.717, 1.165) is 16.2 Å².